The first-order valence-corrected chi connectivity index (χ1v) is 11.7. The summed E-state index contributed by atoms with van der Waals surface area (Å²) in [6.45, 7) is -0.413. The van der Waals surface area contributed by atoms with Crippen molar-refractivity contribution in [2.45, 2.75) is 9.79 Å². The molecule has 0 aliphatic rings. The number of carbonyl (C=O) groups excluding carboxylic acids is 1. The highest BCUT2D eigenvalue weighted by molar-refractivity contribution is 7.98. The first-order chi connectivity index (χ1) is 13.9. The van der Waals surface area contributed by atoms with E-state index in [1.54, 1.807) is 48.5 Å². The zero-order chi connectivity index (χ0) is 20.9. The summed E-state index contributed by atoms with van der Waals surface area (Å²) in [6, 6.07) is 21.8. The second kappa shape index (κ2) is 9.35. The van der Waals surface area contributed by atoms with Gasteiger partial charge in [-0.15, -0.1) is 11.8 Å². The predicted molar refractivity (Wildman–Crippen MR) is 119 cm³/mol. The van der Waals surface area contributed by atoms with Crippen LogP contribution in [0.4, 0.5) is 11.4 Å². The number of hydrogen-bond donors (Lipinski definition) is 1. The van der Waals surface area contributed by atoms with Crippen molar-refractivity contribution in [3.8, 4) is 0 Å². The number of para-hydroxylation sites is 2. The molecule has 0 saturated carbocycles. The molecule has 150 valence electrons. The second-order valence-corrected chi connectivity index (χ2v) is 9.14. The van der Waals surface area contributed by atoms with Crippen LogP contribution in [-0.2, 0) is 14.8 Å². The number of thioether (sulfide) groups is 1. The molecule has 0 saturated heterocycles. The average Bonchev–Trinajstić information content (AvgIpc) is 2.73. The summed E-state index contributed by atoms with van der Waals surface area (Å²) in [5.74, 6) is -0.467. The lowest BCUT2D eigenvalue weighted by Crippen LogP contribution is -2.38. The summed E-state index contributed by atoms with van der Waals surface area (Å²) in [6.07, 6.45) is 1.90. The molecule has 0 atom stereocenters. The van der Waals surface area contributed by atoms with Crippen LogP contribution in [0.5, 0.6) is 0 Å². The van der Waals surface area contributed by atoms with Crippen LogP contribution in [0.1, 0.15) is 0 Å². The molecular weight excluding hydrogens is 428 g/mol. The molecule has 0 radical (unpaired) electrons. The van der Waals surface area contributed by atoms with Crippen LogP contribution in [-0.4, -0.2) is 27.1 Å². The minimum Gasteiger partial charge on any atom is -0.323 e. The Balaban J connectivity index is 1.96. The van der Waals surface area contributed by atoms with Crippen molar-refractivity contribution < 1.29 is 13.2 Å². The third-order valence-corrected chi connectivity index (χ3v) is 7.01. The third kappa shape index (κ3) is 4.93. The number of rotatable bonds is 7. The number of halogens is 1. The highest BCUT2D eigenvalue weighted by Crippen LogP contribution is 2.30. The Morgan fingerprint density at radius 1 is 0.966 bits per heavy atom. The summed E-state index contributed by atoms with van der Waals surface area (Å²) in [4.78, 5) is 13.8. The van der Waals surface area contributed by atoms with E-state index in [1.807, 2.05) is 24.5 Å². The SMILES string of the molecule is CSc1ccccc1NC(=O)CN(c1ccccc1Cl)S(=O)(=O)c1ccccc1. The number of amides is 1. The number of hydrogen-bond acceptors (Lipinski definition) is 4. The first kappa shape index (κ1) is 21.2. The molecule has 3 aromatic carbocycles. The van der Waals surface area contributed by atoms with Gasteiger partial charge < -0.3 is 5.32 Å². The highest BCUT2D eigenvalue weighted by atomic mass is 35.5. The van der Waals surface area contributed by atoms with Gasteiger partial charge in [0.05, 0.1) is 21.3 Å². The summed E-state index contributed by atoms with van der Waals surface area (Å²) in [5.41, 5.74) is 0.868. The number of carbonyl (C=O) groups is 1. The molecule has 0 fully saturated rings. The van der Waals surface area contributed by atoms with Crippen LogP contribution in [0.2, 0.25) is 5.02 Å². The zero-order valence-corrected chi connectivity index (χ0v) is 18.0. The summed E-state index contributed by atoms with van der Waals surface area (Å²) in [7, 11) is -4.00. The normalized spacial score (nSPS) is 11.1. The van der Waals surface area contributed by atoms with Gasteiger partial charge in [0, 0.05) is 4.90 Å². The van der Waals surface area contributed by atoms with Crippen molar-refractivity contribution in [3.05, 3.63) is 83.9 Å². The maximum atomic E-state index is 13.3. The topological polar surface area (TPSA) is 66.5 Å². The van der Waals surface area contributed by atoms with Crippen LogP contribution < -0.4 is 9.62 Å². The molecule has 0 aromatic heterocycles. The molecule has 5 nitrogen and oxygen atoms in total. The van der Waals surface area contributed by atoms with Crippen LogP contribution in [0.3, 0.4) is 0 Å². The lowest BCUT2D eigenvalue weighted by molar-refractivity contribution is -0.114. The fourth-order valence-electron chi connectivity index (χ4n) is 2.74. The fraction of sp³-hybridized carbons (Fsp3) is 0.0952. The Kier molecular flexibility index (Phi) is 6.84. The molecule has 1 amide bonds. The van der Waals surface area contributed by atoms with Crippen LogP contribution >= 0.6 is 23.4 Å². The van der Waals surface area contributed by atoms with Gasteiger partial charge in [-0.05, 0) is 42.7 Å². The van der Waals surface area contributed by atoms with Crippen molar-refractivity contribution in [2.75, 3.05) is 22.4 Å². The van der Waals surface area contributed by atoms with Gasteiger partial charge in [-0.25, -0.2) is 8.42 Å². The van der Waals surface area contributed by atoms with Gasteiger partial charge in [0.15, 0.2) is 0 Å². The van der Waals surface area contributed by atoms with E-state index in [1.165, 1.54) is 23.9 Å². The van der Waals surface area contributed by atoms with Crippen molar-refractivity contribution in [3.63, 3.8) is 0 Å². The maximum Gasteiger partial charge on any atom is 0.264 e. The molecule has 0 aliphatic carbocycles. The Morgan fingerprint density at radius 3 is 2.28 bits per heavy atom. The minimum atomic E-state index is -4.00. The van der Waals surface area contributed by atoms with E-state index >= 15 is 0 Å². The molecule has 29 heavy (non-hydrogen) atoms. The van der Waals surface area contributed by atoms with Crippen LogP contribution in [0.15, 0.2) is 88.7 Å². The van der Waals surface area contributed by atoms with E-state index < -0.39 is 22.5 Å². The van der Waals surface area contributed by atoms with E-state index in [0.29, 0.717) is 5.69 Å². The average molecular weight is 447 g/mol. The van der Waals surface area contributed by atoms with Gasteiger partial charge in [-0.1, -0.05) is 54.1 Å². The quantitative estimate of drug-likeness (QED) is 0.524. The van der Waals surface area contributed by atoms with Crippen molar-refractivity contribution >= 4 is 50.7 Å². The Morgan fingerprint density at radius 2 is 1.59 bits per heavy atom. The molecule has 3 aromatic rings. The standard InChI is InChI=1S/C21H19ClN2O3S2/c1-28-20-14-8-6-12-18(20)23-21(25)15-24(19-13-7-5-11-17(19)22)29(26,27)16-9-3-2-4-10-16/h2-14H,15H2,1H3,(H,23,25). The highest BCUT2D eigenvalue weighted by Gasteiger charge is 2.28. The monoisotopic (exact) mass is 446 g/mol. The van der Waals surface area contributed by atoms with E-state index in [-0.39, 0.29) is 15.6 Å². The first-order valence-electron chi connectivity index (χ1n) is 8.68. The molecule has 8 heteroatoms. The van der Waals surface area contributed by atoms with Gasteiger partial charge in [-0.2, -0.15) is 0 Å². The number of anilines is 2. The van der Waals surface area contributed by atoms with Crippen molar-refractivity contribution in [1.29, 1.82) is 0 Å². The summed E-state index contributed by atoms with van der Waals surface area (Å²) < 4.78 is 27.6. The molecule has 1 N–H and O–H groups in total. The summed E-state index contributed by atoms with van der Waals surface area (Å²) in [5, 5.41) is 3.04. The molecule has 0 aliphatic heterocycles. The van der Waals surface area contributed by atoms with E-state index in [0.717, 1.165) is 9.20 Å². The Bertz CT molecular complexity index is 1110. The van der Waals surface area contributed by atoms with Crippen molar-refractivity contribution in [1.82, 2.24) is 0 Å². The van der Waals surface area contributed by atoms with E-state index in [4.69, 9.17) is 11.6 Å². The number of benzene rings is 3. The maximum absolute atomic E-state index is 13.3. The van der Waals surface area contributed by atoms with Crippen molar-refractivity contribution in [2.24, 2.45) is 0 Å². The van der Waals surface area contributed by atoms with Gasteiger partial charge in [0.1, 0.15) is 6.54 Å². The minimum absolute atomic E-state index is 0.0808. The second-order valence-electron chi connectivity index (χ2n) is 6.02. The molecule has 0 bridgehead atoms. The third-order valence-electron chi connectivity index (χ3n) is 4.12. The largest absolute Gasteiger partial charge is 0.323 e. The van der Waals surface area contributed by atoms with Gasteiger partial charge in [0.2, 0.25) is 5.91 Å². The zero-order valence-electron chi connectivity index (χ0n) is 15.6. The Labute approximate surface area is 179 Å². The van der Waals surface area contributed by atoms with E-state index in [2.05, 4.69) is 5.32 Å². The van der Waals surface area contributed by atoms with Gasteiger partial charge in [-0.3, -0.25) is 9.10 Å². The van der Waals surface area contributed by atoms with Crippen LogP contribution in [0.25, 0.3) is 0 Å². The van der Waals surface area contributed by atoms with E-state index in [9.17, 15) is 13.2 Å². The number of nitrogens with zero attached hydrogens (tertiary/aromatic N) is 1. The molecule has 3 rings (SSSR count). The number of sulfonamides is 1. The molecule has 0 spiro atoms. The fourth-order valence-corrected chi connectivity index (χ4v) is 5.04. The lowest BCUT2D eigenvalue weighted by atomic mass is 10.3. The van der Waals surface area contributed by atoms with Gasteiger partial charge >= 0.3 is 0 Å². The number of nitrogens with one attached hydrogen (secondary N) is 1. The summed E-state index contributed by atoms with van der Waals surface area (Å²) >= 11 is 7.75. The Hall–Kier alpha value is -2.48. The van der Waals surface area contributed by atoms with Gasteiger partial charge in [0.25, 0.3) is 10.0 Å². The molecule has 0 heterocycles. The van der Waals surface area contributed by atoms with Crippen LogP contribution in [0, 0.1) is 0 Å². The smallest absolute Gasteiger partial charge is 0.264 e. The lowest BCUT2D eigenvalue weighted by Gasteiger charge is -2.25. The molecular formula is C21H19ClN2O3S2. The molecule has 0 unspecified atom stereocenters. The predicted octanol–water partition coefficient (Wildman–Crippen LogP) is 4.90.